The highest BCUT2D eigenvalue weighted by atomic mass is 79.9. The van der Waals surface area contributed by atoms with Crippen LogP contribution in [0.4, 0.5) is 4.39 Å². The van der Waals surface area contributed by atoms with E-state index in [-0.39, 0.29) is 17.0 Å². The van der Waals surface area contributed by atoms with Crippen molar-refractivity contribution in [2.24, 2.45) is 0 Å². The van der Waals surface area contributed by atoms with Gasteiger partial charge in [0, 0.05) is 11.5 Å². The number of carbonyl (C=O) groups excluding carboxylic acids is 1. The standard InChI is InChI=1S/C19H27BrFNOSi/c1-12(2)24(13(3)4,14(5)6)9-8-16-17(19(23)22-7)10-15(20)11-18(16)21/h10-14H,1-7H3,(H,22,23). The molecule has 1 aromatic carbocycles. The molecule has 0 saturated carbocycles. The van der Waals surface area contributed by atoms with Gasteiger partial charge in [0.25, 0.3) is 5.91 Å². The molecule has 1 amide bonds. The molecular formula is C19H27BrFNOSi. The zero-order chi connectivity index (χ0) is 18.7. The minimum Gasteiger partial charge on any atom is -0.355 e. The first-order chi connectivity index (χ1) is 11.1. The lowest BCUT2D eigenvalue weighted by molar-refractivity contribution is 0.0962. The molecule has 0 aliphatic carbocycles. The van der Waals surface area contributed by atoms with Gasteiger partial charge < -0.3 is 5.32 Å². The highest BCUT2D eigenvalue weighted by Crippen LogP contribution is 2.40. The second kappa shape index (κ2) is 8.31. The minimum absolute atomic E-state index is 0.191. The summed E-state index contributed by atoms with van der Waals surface area (Å²) >= 11 is 3.25. The molecule has 0 bridgehead atoms. The Morgan fingerprint density at radius 2 is 1.62 bits per heavy atom. The van der Waals surface area contributed by atoms with Crippen LogP contribution in [0.15, 0.2) is 16.6 Å². The maximum atomic E-state index is 14.5. The molecule has 0 aromatic heterocycles. The van der Waals surface area contributed by atoms with Crippen molar-refractivity contribution in [2.75, 3.05) is 7.05 Å². The molecule has 1 N–H and O–H groups in total. The fourth-order valence-electron chi connectivity index (χ4n) is 3.62. The highest BCUT2D eigenvalue weighted by Gasteiger charge is 2.41. The van der Waals surface area contributed by atoms with Gasteiger partial charge in [-0.25, -0.2) is 4.39 Å². The molecule has 5 heteroatoms. The fraction of sp³-hybridized carbons (Fsp3) is 0.526. The summed E-state index contributed by atoms with van der Waals surface area (Å²) in [5, 5.41) is 2.56. The quantitative estimate of drug-likeness (QED) is 0.512. The summed E-state index contributed by atoms with van der Waals surface area (Å²) in [5.41, 5.74) is 5.30. The summed E-state index contributed by atoms with van der Waals surface area (Å²) in [5.74, 6) is 2.27. The topological polar surface area (TPSA) is 29.1 Å². The number of benzene rings is 1. The van der Waals surface area contributed by atoms with E-state index in [2.05, 4.69) is 74.3 Å². The number of nitrogens with one attached hydrogen (secondary N) is 1. The molecule has 0 atom stereocenters. The summed E-state index contributed by atoms with van der Waals surface area (Å²) in [4.78, 5) is 12.1. The van der Waals surface area contributed by atoms with Gasteiger partial charge >= 0.3 is 0 Å². The first kappa shape index (κ1) is 20.9. The maximum Gasteiger partial charge on any atom is 0.252 e. The Kier molecular flexibility index (Phi) is 7.24. The zero-order valence-corrected chi connectivity index (χ0v) is 18.1. The highest BCUT2D eigenvalue weighted by molar-refractivity contribution is 9.10. The smallest absolute Gasteiger partial charge is 0.252 e. The van der Waals surface area contributed by atoms with Crippen LogP contribution in [0.5, 0.6) is 0 Å². The van der Waals surface area contributed by atoms with Crippen molar-refractivity contribution in [1.82, 2.24) is 5.32 Å². The fourth-order valence-corrected chi connectivity index (χ4v) is 9.26. The monoisotopic (exact) mass is 411 g/mol. The van der Waals surface area contributed by atoms with E-state index in [0.717, 1.165) is 0 Å². The van der Waals surface area contributed by atoms with Gasteiger partial charge in [-0.3, -0.25) is 4.79 Å². The molecule has 0 saturated heterocycles. The van der Waals surface area contributed by atoms with Gasteiger partial charge in [-0.05, 0) is 28.8 Å². The van der Waals surface area contributed by atoms with Crippen LogP contribution in [-0.4, -0.2) is 21.0 Å². The van der Waals surface area contributed by atoms with Crippen LogP contribution in [0.2, 0.25) is 16.6 Å². The van der Waals surface area contributed by atoms with Gasteiger partial charge in [0.15, 0.2) is 0 Å². The number of hydrogen-bond donors (Lipinski definition) is 1. The number of halogens is 2. The maximum absolute atomic E-state index is 14.5. The van der Waals surface area contributed by atoms with E-state index in [1.54, 1.807) is 6.07 Å². The van der Waals surface area contributed by atoms with Gasteiger partial charge in [0.1, 0.15) is 13.9 Å². The predicted octanol–water partition coefficient (Wildman–Crippen LogP) is 5.52. The van der Waals surface area contributed by atoms with Gasteiger partial charge in [0.2, 0.25) is 0 Å². The number of rotatable bonds is 4. The molecule has 0 spiro atoms. The second-order valence-electron chi connectivity index (χ2n) is 7.04. The van der Waals surface area contributed by atoms with Crippen molar-refractivity contribution in [3.05, 3.63) is 33.5 Å². The van der Waals surface area contributed by atoms with Crippen LogP contribution in [0.1, 0.15) is 57.5 Å². The van der Waals surface area contributed by atoms with E-state index in [4.69, 9.17) is 0 Å². The number of hydrogen-bond acceptors (Lipinski definition) is 1. The Labute approximate surface area is 154 Å². The third-order valence-electron chi connectivity index (χ3n) is 4.80. The molecule has 0 unspecified atom stereocenters. The molecule has 132 valence electrons. The molecule has 1 aromatic rings. The van der Waals surface area contributed by atoms with E-state index >= 15 is 0 Å². The summed E-state index contributed by atoms with van der Waals surface area (Å²) in [6.07, 6.45) is 0. The molecule has 2 nitrogen and oxygen atoms in total. The lowest BCUT2D eigenvalue weighted by Gasteiger charge is -2.38. The molecule has 0 aliphatic heterocycles. The first-order valence-corrected chi connectivity index (χ1v) is 11.3. The average molecular weight is 412 g/mol. The first-order valence-electron chi connectivity index (χ1n) is 8.32. The molecule has 0 aliphatic rings. The third kappa shape index (κ3) is 4.10. The van der Waals surface area contributed by atoms with Crippen LogP contribution in [0.25, 0.3) is 0 Å². The summed E-state index contributed by atoms with van der Waals surface area (Å²) in [6, 6.07) is 2.98. The Balaban J connectivity index is 3.61. The Morgan fingerprint density at radius 1 is 1.12 bits per heavy atom. The third-order valence-corrected chi connectivity index (χ3v) is 11.5. The molecule has 24 heavy (non-hydrogen) atoms. The molecule has 1 rings (SSSR count). The summed E-state index contributed by atoms with van der Waals surface area (Å²) < 4.78 is 15.0. The van der Waals surface area contributed by atoms with Gasteiger partial charge in [0.05, 0.1) is 11.1 Å². The van der Waals surface area contributed by atoms with Crippen LogP contribution < -0.4 is 5.32 Å². The van der Waals surface area contributed by atoms with Crippen molar-refractivity contribution in [2.45, 2.75) is 58.2 Å². The van der Waals surface area contributed by atoms with Crippen molar-refractivity contribution in [3.63, 3.8) is 0 Å². The van der Waals surface area contributed by atoms with Crippen LogP contribution in [-0.2, 0) is 0 Å². The summed E-state index contributed by atoms with van der Waals surface area (Å²) in [6.45, 7) is 13.2. The predicted molar refractivity (Wildman–Crippen MR) is 105 cm³/mol. The largest absolute Gasteiger partial charge is 0.355 e. The van der Waals surface area contributed by atoms with Crippen molar-refractivity contribution in [1.29, 1.82) is 0 Å². The molecular weight excluding hydrogens is 385 g/mol. The van der Waals surface area contributed by atoms with E-state index in [1.807, 2.05) is 0 Å². The Morgan fingerprint density at radius 3 is 2.04 bits per heavy atom. The van der Waals surface area contributed by atoms with E-state index < -0.39 is 13.9 Å². The van der Waals surface area contributed by atoms with Crippen molar-refractivity contribution >= 4 is 29.9 Å². The molecule has 0 radical (unpaired) electrons. The zero-order valence-electron chi connectivity index (χ0n) is 15.6. The second-order valence-corrected chi connectivity index (χ2v) is 13.5. The van der Waals surface area contributed by atoms with Gasteiger partial charge in [-0.1, -0.05) is 63.4 Å². The lowest BCUT2D eigenvalue weighted by Crippen LogP contribution is -2.43. The molecule has 0 heterocycles. The van der Waals surface area contributed by atoms with E-state index in [1.165, 1.54) is 13.1 Å². The summed E-state index contributed by atoms with van der Waals surface area (Å²) in [7, 11) is -0.451. The average Bonchev–Trinajstić information content (AvgIpc) is 2.47. The van der Waals surface area contributed by atoms with Gasteiger partial charge in [-0.15, -0.1) is 5.54 Å². The van der Waals surface area contributed by atoms with Crippen LogP contribution in [0, 0.1) is 17.3 Å². The molecule has 0 fully saturated rings. The van der Waals surface area contributed by atoms with E-state index in [0.29, 0.717) is 21.1 Å². The van der Waals surface area contributed by atoms with Crippen LogP contribution in [0.3, 0.4) is 0 Å². The Bertz CT molecular complexity index is 652. The Hall–Kier alpha value is -1.12. The SMILES string of the molecule is CNC(=O)c1cc(Br)cc(F)c1C#C[Si](C(C)C)(C(C)C)C(C)C. The lowest BCUT2D eigenvalue weighted by atomic mass is 10.1. The number of amides is 1. The van der Waals surface area contributed by atoms with Crippen LogP contribution >= 0.6 is 15.9 Å². The number of carbonyl (C=O) groups is 1. The van der Waals surface area contributed by atoms with Gasteiger partial charge in [-0.2, -0.15) is 0 Å². The van der Waals surface area contributed by atoms with E-state index in [9.17, 15) is 9.18 Å². The minimum atomic E-state index is -1.99. The van der Waals surface area contributed by atoms with Crippen molar-refractivity contribution in [3.8, 4) is 11.5 Å². The normalized spacial score (nSPS) is 11.7. The van der Waals surface area contributed by atoms with Crippen molar-refractivity contribution < 1.29 is 9.18 Å².